The summed E-state index contributed by atoms with van der Waals surface area (Å²) in [5, 5.41) is 3.64. The molecule has 0 unspecified atom stereocenters. The number of carbonyl (C=O) groups excluding carboxylic acids is 1. The molecule has 1 aliphatic carbocycles. The van der Waals surface area contributed by atoms with Gasteiger partial charge in [-0.3, -0.25) is 4.79 Å². The molecule has 0 atom stereocenters. The van der Waals surface area contributed by atoms with Crippen LogP contribution in [-0.4, -0.2) is 43.2 Å². The van der Waals surface area contributed by atoms with Crippen molar-refractivity contribution in [3.05, 3.63) is 23.8 Å². The molecule has 2 fully saturated rings. The first kappa shape index (κ1) is 15.8. The van der Waals surface area contributed by atoms with Gasteiger partial charge in [0.2, 0.25) is 5.91 Å². The van der Waals surface area contributed by atoms with E-state index < -0.39 is 0 Å². The molecule has 1 saturated carbocycles. The fourth-order valence-electron chi connectivity index (χ4n) is 3.54. The smallest absolute Gasteiger partial charge is 0.225 e. The molecule has 1 aromatic rings. The summed E-state index contributed by atoms with van der Waals surface area (Å²) in [6.45, 7) is 4.00. The van der Waals surface area contributed by atoms with Crippen LogP contribution in [0.1, 0.15) is 37.7 Å². The zero-order valence-corrected chi connectivity index (χ0v) is 14.1. The fraction of sp³-hybridized carbons (Fsp3) is 0.632. The van der Waals surface area contributed by atoms with Crippen LogP contribution in [0.15, 0.2) is 18.2 Å². The van der Waals surface area contributed by atoms with Gasteiger partial charge in [-0.25, -0.2) is 0 Å². The van der Waals surface area contributed by atoms with Crippen molar-refractivity contribution < 1.29 is 14.3 Å². The molecule has 3 aliphatic rings. The third-order valence-corrected chi connectivity index (χ3v) is 5.17. The molecule has 0 aromatic heterocycles. The molecule has 5 heteroatoms. The molecule has 0 radical (unpaired) electrons. The second-order valence-electron chi connectivity index (χ2n) is 7.05. The number of nitrogens with one attached hydrogen (secondary N) is 1. The Kier molecular flexibility index (Phi) is 4.60. The number of hydrogen-bond acceptors (Lipinski definition) is 4. The van der Waals surface area contributed by atoms with E-state index in [1.54, 1.807) is 0 Å². The Morgan fingerprint density at radius 3 is 2.71 bits per heavy atom. The van der Waals surface area contributed by atoms with Crippen LogP contribution in [0.25, 0.3) is 0 Å². The fourth-order valence-corrected chi connectivity index (χ4v) is 3.54. The van der Waals surface area contributed by atoms with E-state index in [-0.39, 0.29) is 0 Å². The first-order valence-electron chi connectivity index (χ1n) is 9.21. The maximum atomic E-state index is 12.1. The van der Waals surface area contributed by atoms with E-state index in [1.165, 1.54) is 0 Å². The van der Waals surface area contributed by atoms with Crippen molar-refractivity contribution in [2.75, 3.05) is 26.3 Å². The highest BCUT2D eigenvalue weighted by Crippen LogP contribution is 2.34. The van der Waals surface area contributed by atoms with Gasteiger partial charge < -0.3 is 19.7 Å². The van der Waals surface area contributed by atoms with E-state index in [0.29, 0.717) is 24.5 Å². The van der Waals surface area contributed by atoms with Crippen molar-refractivity contribution >= 4 is 5.91 Å². The zero-order valence-electron chi connectivity index (χ0n) is 14.1. The van der Waals surface area contributed by atoms with Gasteiger partial charge in [0, 0.05) is 43.6 Å². The van der Waals surface area contributed by atoms with Gasteiger partial charge in [0.25, 0.3) is 0 Å². The van der Waals surface area contributed by atoms with Crippen LogP contribution in [0.2, 0.25) is 0 Å². The SMILES string of the molecule is O=C(C1CC1)N1CCC(NCc2cccc3c2OCCCO3)CC1. The molecule has 0 spiro atoms. The van der Waals surface area contributed by atoms with Gasteiger partial charge in [0.05, 0.1) is 13.2 Å². The topological polar surface area (TPSA) is 50.8 Å². The number of ether oxygens (including phenoxy) is 2. The maximum Gasteiger partial charge on any atom is 0.225 e. The van der Waals surface area contributed by atoms with Crippen molar-refractivity contribution in [2.45, 2.75) is 44.7 Å². The molecule has 5 nitrogen and oxygen atoms in total. The lowest BCUT2D eigenvalue weighted by Gasteiger charge is -2.32. The number of likely N-dealkylation sites (tertiary alicyclic amines) is 1. The zero-order chi connectivity index (χ0) is 16.4. The van der Waals surface area contributed by atoms with Crippen molar-refractivity contribution in [3.8, 4) is 11.5 Å². The second-order valence-corrected chi connectivity index (χ2v) is 7.05. The number of piperidine rings is 1. The Labute approximate surface area is 143 Å². The Morgan fingerprint density at radius 2 is 1.92 bits per heavy atom. The highest BCUT2D eigenvalue weighted by atomic mass is 16.5. The lowest BCUT2D eigenvalue weighted by molar-refractivity contribution is -0.133. The largest absolute Gasteiger partial charge is 0.490 e. The normalized spacial score (nSPS) is 21.4. The highest BCUT2D eigenvalue weighted by Gasteiger charge is 2.34. The standard InChI is InChI=1S/C19H26N2O3/c22-19(14-5-6-14)21-9-7-16(8-10-21)20-13-15-3-1-4-17-18(15)24-12-2-11-23-17/h1,3-4,14,16,20H,2,5-13H2. The van der Waals surface area contributed by atoms with Crippen molar-refractivity contribution in [1.29, 1.82) is 0 Å². The number of carbonyl (C=O) groups is 1. The van der Waals surface area contributed by atoms with Crippen LogP contribution in [0, 0.1) is 5.92 Å². The first-order valence-corrected chi connectivity index (χ1v) is 9.21. The Morgan fingerprint density at radius 1 is 1.12 bits per heavy atom. The third-order valence-electron chi connectivity index (χ3n) is 5.17. The lowest BCUT2D eigenvalue weighted by atomic mass is 10.0. The summed E-state index contributed by atoms with van der Waals surface area (Å²) in [5.41, 5.74) is 1.16. The second kappa shape index (κ2) is 7.01. The predicted octanol–water partition coefficient (Wildman–Crippen LogP) is 2.34. The number of fused-ring (bicyclic) bond motifs is 1. The van der Waals surface area contributed by atoms with E-state index in [0.717, 1.165) is 75.4 Å². The summed E-state index contributed by atoms with van der Waals surface area (Å²) in [6.07, 6.45) is 5.18. The quantitative estimate of drug-likeness (QED) is 0.921. The maximum absolute atomic E-state index is 12.1. The minimum Gasteiger partial charge on any atom is -0.490 e. The van der Waals surface area contributed by atoms with Crippen LogP contribution in [0.4, 0.5) is 0 Å². The molecule has 0 bridgehead atoms. The van der Waals surface area contributed by atoms with Gasteiger partial charge in [-0.15, -0.1) is 0 Å². The first-order chi connectivity index (χ1) is 11.8. The predicted molar refractivity (Wildman–Crippen MR) is 91.2 cm³/mol. The number of benzene rings is 1. The molecular formula is C19H26N2O3. The summed E-state index contributed by atoms with van der Waals surface area (Å²) in [4.78, 5) is 14.2. The molecular weight excluding hydrogens is 304 g/mol. The molecule has 1 N–H and O–H groups in total. The van der Waals surface area contributed by atoms with Crippen LogP contribution in [0.3, 0.4) is 0 Å². The van der Waals surface area contributed by atoms with Crippen molar-refractivity contribution in [1.82, 2.24) is 10.2 Å². The summed E-state index contributed by atoms with van der Waals surface area (Å²) >= 11 is 0. The molecule has 2 aliphatic heterocycles. The van der Waals surface area contributed by atoms with Gasteiger partial charge in [-0.1, -0.05) is 12.1 Å². The van der Waals surface area contributed by atoms with Crippen LogP contribution < -0.4 is 14.8 Å². The van der Waals surface area contributed by atoms with Gasteiger partial charge in [0.1, 0.15) is 0 Å². The number of hydrogen-bond donors (Lipinski definition) is 1. The number of rotatable bonds is 4. The van der Waals surface area contributed by atoms with Gasteiger partial charge >= 0.3 is 0 Å². The van der Waals surface area contributed by atoms with Crippen LogP contribution in [-0.2, 0) is 11.3 Å². The molecule has 24 heavy (non-hydrogen) atoms. The summed E-state index contributed by atoms with van der Waals surface area (Å²) < 4.78 is 11.6. The summed E-state index contributed by atoms with van der Waals surface area (Å²) in [7, 11) is 0. The van der Waals surface area contributed by atoms with Crippen molar-refractivity contribution in [2.24, 2.45) is 5.92 Å². The van der Waals surface area contributed by atoms with E-state index >= 15 is 0 Å². The minimum absolute atomic E-state index is 0.339. The van der Waals surface area contributed by atoms with Gasteiger partial charge in [-0.2, -0.15) is 0 Å². The van der Waals surface area contributed by atoms with Gasteiger partial charge in [0.15, 0.2) is 11.5 Å². The third kappa shape index (κ3) is 3.51. The van der Waals surface area contributed by atoms with E-state index in [1.807, 2.05) is 12.1 Å². The number of para-hydroxylation sites is 1. The minimum atomic E-state index is 0.339. The molecule has 130 valence electrons. The molecule has 1 amide bonds. The van der Waals surface area contributed by atoms with E-state index in [4.69, 9.17) is 9.47 Å². The Hall–Kier alpha value is -1.75. The average molecular weight is 330 g/mol. The summed E-state index contributed by atoms with van der Waals surface area (Å²) in [5.74, 6) is 2.47. The van der Waals surface area contributed by atoms with Gasteiger partial charge in [-0.05, 0) is 31.7 Å². The Bertz CT molecular complexity index is 592. The lowest BCUT2D eigenvalue weighted by Crippen LogP contribution is -2.45. The summed E-state index contributed by atoms with van der Waals surface area (Å²) in [6, 6.07) is 6.58. The van der Waals surface area contributed by atoms with Crippen LogP contribution >= 0.6 is 0 Å². The number of amides is 1. The average Bonchev–Trinajstić information content (AvgIpc) is 3.46. The van der Waals surface area contributed by atoms with E-state index in [2.05, 4.69) is 16.3 Å². The van der Waals surface area contributed by atoms with E-state index in [9.17, 15) is 4.79 Å². The molecule has 2 heterocycles. The molecule has 1 saturated heterocycles. The van der Waals surface area contributed by atoms with Crippen LogP contribution in [0.5, 0.6) is 11.5 Å². The Balaban J connectivity index is 1.31. The molecule has 1 aromatic carbocycles. The number of nitrogens with zero attached hydrogens (tertiary/aromatic N) is 1. The highest BCUT2D eigenvalue weighted by molar-refractivity contribution is 5.81. The molecule has 4 rings (SSSR count). The van der Waals surface area contributed by atoms with Crippen molar-refractivity contribution in [3.63, 3.8) is 0 Å². The monoisotopic (exact) mass is 330 g/mol.